The van der Waals surface area contributed by atoms with Gasteiger partial charge in [-0.3, -0.25) is 0 Å². The Morgan fingerprint density at radius 3 is 2.33 bits per heavy atom. The molecule has 1 aromatic carbocycles. The van der Waals surface area contributed by atoms with Crippen LogP contribution in [0.15, 0.2) is 24.4 Å². The predicted octanol–water partition coefficient (Wildman–Crippen LogP) is 5.19. The number of carbonyl (C=O) groups excluding carboxylic acids is 2. The first-order chi connectivity index (χ1) is 18.1. The number of amides is 1. The SMILES string of the molecule is Cc1cnc(C#C[C@H]2CN(C(=O)OC(C)(C)C)CCO2)c(OCc2c(F)cc(C(=O)OC(C)(C)C)cc2F)c1. The van der Waals surface area contributed by atoms with Crippen LogP contribution in [0.2, 0.25) is 0 Å². The van der Waals surface area contributed by atoms with Crippen LogP contribution in [-0.4, -0.2) is 58.9 Å². The molecule has 0 unspecified atom stereocenters. The van der Waals surface area contributed by atoms with Gasteiger partial charge in [-0.2, -0.15) is 0 Å². The minimum absolute atomic E-state index is 0.213. The first kappa shape index (κ1) is 29.8. The largest absolute Gasteiger partial charge is 0.486 e. The van der Waals surface area contributed by atoms with E-state index >= 15 is 0 Å². The van der Waals surface area contributed by atoms with E-state index in [9.17, 15) is 18.4 Å². The molecule has 1 fully saturated rings. The van der Waals surface area contributed by atoms with Gasteiger partial charge in [0.1, 0.15) is 35.5 Å². The summed E-state index contributed by atoms with van der Waals surface area (Å²) in [7, 11) is 0. The molecule has 3 rings (SSSR count). The first-order valence-electron chi connectivity index (χ1n) is 12.5. The lowest BCUT2D eigenvalue weighted by Crippen LogP contribution is -2.47. The second-order valence-corrected chi connectivity index (χ2v) is 11.1. The highest BCUT2D eigenvalue weighted by Gasteiger charge is 2.27. The van der Waals surface area contributed by atoms with E-state index in [-0.39, 0.29) is 29.1 Å². The normalized spacial score (nSPS) is 15.7. The Morgan fingerprint density at radius 2 is 1.72 bits per heavy atom. The van der Waals surface area contributed by atoms with E-state index in [1.807, 2.05) is 0 Å². The number of aromatic nitrogens is 1. The molecule has 1 aromatic heterocycles. The van der Waals surface area contributed by atoms with Crippen LogP contribution in [-0.2, 0) is 20.8 Å². The molecule has 1 amide bonds. The topological polar surface area (TPSA) is 87.2 Å². The third-order valence-electron chi connectivity index (χ3n) is 5.21. The highest BCUT2D eigenvalue weighted by atomic mass is 19.1. The summed E-state index contributed by atoms with van der Waals surface area (Å²) in [6, 6.07) is 3.49. The molecule has 1 atom stereocenters. The number of carbonyl (C=O) groups is 2. The maximum absolute atomic E-state index is 14.8. The molecule has 0 spiro atoms. The molecule has 2 heterocycles. The molecular formula is C29H34F2N2O6. The molecule has 1 aliphatic heterocycles. The summed E-state index contributed by atoms with van der Waals surface area (Å²) in [5.41, 5.74) is -1.03. The van der Waals surface area contributed by atoms with Crippen molar-refractivity contribution in [2.45, 2.75) is 72.4 Å². The molecule has 8 nitrogen and oxygen atoms in total. The number of esters is 1. The van der Waals surface area contributed by atoms with E-state index in [0.29, 0.717) is 13.2 Å². The Kier molecular flexibility index (Phi) is 9.18. The van der Waals surface area contributed by atoms with Gasteiger partial charge in [0, 0.05) is 12.7 Å². The van der Waals surface area contributed by atoms with Crippen molar-refractivity contribution in [3.05, 3.63) is 58.4 Å². The molecule has 0 bridgehead atoms. The number of rotatable bonds is 4. The van der Waals surface area contributed by atoms with Gasteiger partial charge in [0.15, 0.2) is 11.4 Å². The number of ether oxygens (including phenoxy) is 4. The lowest BCUT2D eigenvalue weighted by Gasteiger charge is -2.32. The number of nitrogens with zero attached hydrogens (tertiary/aromatic N) is 2. The third-order valence-corrected chi connectivity index (χ3v) is 5.21. The van der Waals surface area contributed by atoms with Crippen molar-refractivity contribution < 1.29 is 37.3 Å². The molecule has 1 aliphatic rings. The fraction of sp³-hybridized carbons (Fsp3) is 0.483. The number of hydrogen-bond acceptors (Lipinski definition) is 7. The molecule has 39 heavy (non-hydrogen) atoms. The van der Waals surface area contributed by atoms with Gasteiger partial charge in [-0.25, -0.2) is 23.4 Å². The summed E-state index contributed by atoms with van der Waals surface area (Å²) in [4.78, 5) is 30.4. The Morgan fingerprint density at radius 1 is 1.08 bits per heavy atom. The fourth-order valence-electron chi connectivity index (χ4n) is 3.47. The van der Waals surface area contributed by atoms with Gasteiger partial charge in [-0.15, -0.1) is 0 Å². The van der Waals surface area contributed by atoms with E-state index in [0.717, 1.165) is 17.7 Å². The summed E-state index contributed by atoms with van der Waals surface area (Å²) in [5.74, 6) is 3.34. The van der Waals surface area contributed by atoms with Crippen LogP contribution in [0.3, 0.4) is 0 Å². The van der Waals surface area contributed by atoms with Crippen LogP contribution in [0, 0.1) is 30.4 Å². The summed E-state index contributed by atoms with van der Waals surface area (Å²) in [6.45, 7) is 12.6. The number of halogens is 2. The zero-order valence-electron chi connectivity index (χ0n) is 23.3. The zero-order valence-corrected chi connectivity index (χ0v) is 23.3. The van der Waals surface area contributed by atoms with Crippen molar-refractivity contribution in [1.29, 1.82) is 0 Å². The molecule has 210 valence electrons. The quantitative estimate of drug-likeness (QED) is 0.387. The average molecular weight is 545 g/mol. The van der Waals surface area contributed by atoms with Crippen LogP contribution < -0.4 is 4.74 Å². The highest BCUT2D eigenvalue weighted by Crippen LogP contribution is 2.23. The van der Waals surface area contributed by atoms with Gasteiger partial charge >= 0.3 is 12.1 Å². The Balaban J connectivity index is 1.74. The Hall–Kier alpha value is -3.71. The minimum atomic E-state index is -0.943. The number of pyridine rings is 1. The molecular weight excluding hydrogens is 510 g/mol. The molecule has 0 aliphatic carbocycles. The van der Waals surface area contributed by atoms with Gasteiger partial charge < -0.3 is 23.8 Å². The van der Waals surface area contributed by atoms with E-state index in [2.05, 4.69) is 16.8 Å². The van der Waals surface area contributed by atoms with Gasteiger partial charge in [0.25, 0.3) is 0 Å². The van der Waals surface area contributed by atoms with Gasteiger partial charge in [-0.05, 0) is 78.1 Å². The van der Waals surface area contributed by atoms with Gasteiger partial charge in [0.2, 0.25) is 0 Å². The van der Waals surface area contributed by atoms with E-state index in [1.54, 1.807) is 60.7 Å². The highest BCUT2D eigenvalue weighted by molar-refractivity contribution is 5.89. The maximum Gasteiger partial charge on any atom is 0.410 e. The summed E-state index contributed by atoms with van der Waals surface area (Å²) in [5, 5.41) is 0. The predicted molar refractivity (Wildman–Crippen MR) is 139 cm³/mol. The zero-order chi connectivity index (χ0) is 29.0. The molecule has 0 N–H and O–H groups in total. The number of aryl methyl sites for hydroxylation is 1. The van der Waals surface area contributed by atoms with E-state index in [1.165, 1.54) is 4.90 Å². The summed E-state index contributed by atoms with van der Waals surface area (Å²) in [6.07, 6.45) is 0.553. The van der Waals surface area contributed by atoms with Gasteiger partial charge in [0.05, 0.1) is 24.3 Å². The van der Waals surface area contributed by atoms with E-state index < -0.39 is 47.6 Å². The minimum Gasteiger partial charge on any atom is -0.486 e. The van der Waals surface area contributed by atoms with E-state index in [4.69, 9.17) is 18.9 Å². The van der Waals surface area contributed by atoms with Crippen molar-refractivity contribution in [1.82, 2.24) is 9.88 Å². The monoisotopic (exact) mass is 544 g/mol. The van der Waals surface area contributed by atoms with Crippen LogP contribution >= 0.6 is 0 Å². The van der Waals surface area contributed by atoms with Crippen molar-refractivity contribution in [2.75, 3.05) is 19.7 Å². The molecule has 0 saturated carbocycles. The van der Waals surface area contributed by atoms with Crippen molar-refractivity contribution in [2.24, 2.45) is 0 Å². The van der Waals surface area contributed by atoms with Crippen LogP contribution in [0.4, 0.5) is 13.6 Å². The molecule has 10 heteroatoms. The maximum atomic E-state index is 14.8. The van der Waals surface area contributed by atoms with Crippen molar-refractivity contribution in [3.63, 3.8) is 0 Å². The van der Waals surface area contributed by atoms with Gasteiger partial charge in [-0.1, -0.05) is 5.92 Å². The van der Waals surface area contributed by atoms with Crippen LogP contribution in [0.5, 0.6) is 5.75 Å². The number of morpholine rings is 1. The molecule has 1 saturated heterocycles. The summed E-state index contributed by atoms with van der Waals surface area (Å²) < 4.78 is 51.5. The third kappa shape index (κ3) is 8.93. The van der Waals surface area contributed by atoms with Crippen LogP contribution in [0.25, 0.3) is 0 Å². The number of hydrogen-bond donors (Lipinski definition) is 0. The molecule has 2 aromatic rings. The lowest BCUT2D eigenvalue weighted by atomic mass is 10.1. The van der Waals surface area contributed by atoms with Crippen LogP contribution in [0.1, 0.15) is 68.7 Å². The average Bonchev–Trinajstić information content (AvgIpc) is 2.81. The second kappa shape index (κ2) is 12.0. The fourth-order valence-corrected chi connectivity index (χ4v) is 3.47. The standard InChI is InChI=1S/C29H34F2N2O6/c1-18-12-25(37-17-21-22(30)13-19(14-23(21)31)26(34)38-28(2,3)4)24(32-15-18)9-8-20-16-33(10-11-36-20)27(35)39-29(5,6)7/h12-15,20H,10-11,16-17H2,1-7H3/t20-/m0/s1. The smallest absolute Gasteiger partial charge is 0.410 e. The van der Waals surface area contributed by atoms with Crippen molar-refractivity contribution in [3.8, 4) is 17.6 Å². The second-order valence-electron chi connectivity index (χ2n) is 11.1. The summed E-state index contributed by atoms with van der Waals surface area (Å²) >= 11 is 0. The Bertz CT molecular complexity index is 1260. The Labute approximate surface area is 227 Å². The van der Waals surface area contributed by atoms with Crippen molar-refractivity contribution >= 4 is 12.1 Å². The lowest BCUT2D eigenvalue weighted by molar-refractivity contribution is -0.0236. The first-order valence-corrected chi connectivity index (χ1v) is 12.5. The molecule has 0 radical (unpaired) electrons. The number of benzene rings is 1.